The van der Waals surface area contributed by atoms with Crippen molar-refractivity contribution < 1.29 is 23.9 Å². The zero-order valence-corrected chi connectivity index (χ0v) is 28.6. The minimum absolute atomic E-state index is 0.0310. The predicted octanol–water partition coefficient (Wildman–Crippen LogP) is 6.77. The number of nitrogens with one attached hydrogen (secondary N) is 3. The number of fused-ring (bicyclic) bond motifs is 3. The van der Waals surface area contributed by atoms with Gasteiger partial charge in [-0.15, -0.1) is 0 Å². The van der Waals surface area contributed by atoms with E-state index in [9.17, 15) is 19.2 Å². The molecule has 1 aromatic heterocycles. The maximum absolute atomic E-state index is 14.4. The van der Waals surface area contributed by atoms with Gasteiger partial charge >= 0.3 is 12.1 Å². The molecule has 1 aliphatic rings. The highest BCUT2D eigenvalue weighted by molar-refractivity contribution is 6.38. The highest BCUT2D eigenvalue weighted by Crippen LogP contribution is 2.39. The van der Waals surface area contributed by atoms with Crippen molar-refractivity contribution in [2.45, 2.75) is 78.0 Å². The van der Waals surface area contributed by atoms with E-state index in [-0.39, 0.29) is 37.8 Å². The molecule has 0 saturated carbocycles. The van der Waals surface area contributed by atoms with E-state index in [2.05, 4.69) is 15.6 Å². The first-order chi connectivity index (χ1) is 21.8. The van der Waals surface area contributed by atoms with Crippen LogP contribution in [-0.4, -0.2) is 51.9 Å². The fourth-order valence-corrected chi connectivity index (χ4v) is 6.46. The molecule has 1 unspecified atom stereocenters. The third-order valence-electron chi connectivity index (χ3n) is 8.86. The standard InChI is InChI=1S/C33H40Cl3N5O5/c1-5-18(3)16-41(31(37)44)30(43)33(12-11-26-23(15-33)22-13-21(34)14-25(36)28(22)38-26)40-29(42)27(19(4)6-2)39-32(45)46-17-20-9-7-8-10-24(20)35/h7-10,13-14,18-19,27,38H,5-6,11-12,15-17H2,1-4H3,(H2,37,44)(H,39,45)(H,40,42)/t18-,19-,27?,33+/m0/s1. The van der Waals surface area contributed by atoms with Gasteiger partial charge in [0.1, 0.15) is 18.2 Å². The van der Waals surface area contributed by atoms with Crippen molar-refractivity contribution in [3.8, 4) is 0 Å². The number of urea groups is 1. The Morgan fingerprint density at radius 2 is 1.78 bits per heavy atom. The van der Waals surface area contributed by atoms with Crippen LogP contribution in [0.5, 0.6) is 0 Å². The SMILES string of the molecule is CC[C@H](C)CN(C(N)=O)C(=O)[C@@]1(NC(=O)C(NC(=O)OCc2ccccc2Cl)[C@@H](C)CC)CCc2[nH]c3c(Cl)cc(Cl)cc3c2C1. The second kappa shape index (κ2) is 15.0. The number of halogens is 3. The maximum Gasteiger partial charge on any atom is 0.408 e. The Morgan fingerprint density at radius 3 is 2.43 bits per heavy atom. The molecule has 3 aromatic rings. The zero-order valence-electron chi connectivity index (χ0n) is 26.3. The number of imide groups is 1. The Bertz CT molecular complexity index is 1630. The fourth-order valence-electron chi connectivity index (χ4n) is 5.73. The van der Waals surface area contributed by atoms with Crippen molar-refractivity contribution >= 4 is 69.6 Å². The molecule has 0 fully saturated rings. The number of nitrogens with two attached hydrogens (primary N) is 1. The lowest BCUT2D eigenvalue weighted by atomic mass is 9.78. The van der Waals surface area contributed by atoms with Crippen molar-refractivity contribution in [1.29, 1.82) is 0 Å². The van der Waals surface area contributed by atoms with Gasteiger partial charge in [0.2, 0.25) is 5.91 Å². The van der Waals surface area contributed by atoms with Crippen molar-refractivity contribution in [2.24, 2.45) is 17.6 Å². The summed E-state index contributed by atoms with van der Waals surface area (Å²) in [5.41, 5.74) is 7.07. The summed E-state index contributed by atoms with van der Waals surface area (Å²) < 4.78 is 5.40. The Morgan fingerprint density at radius 1 is 1.07 bits per heavy atom. The monoisotopic (exact) mass is 691 g/mol. The number of amides is 5. The summed E-state index contributed by atoms with van der Waals surface area (Å²) in [6.07, 6.45) is 0.991. The van der Waals surface area contributed by atoms with Crippen LogP contribution in [0, 0.1) is 11.8 Å². The van der Waals surface area contributed by atoms with Gasteiger partial charge in [-0.25, -0.2) is 9.59 Å². The van der Waals surface area contributed by atoms with Gasteiger partial charge in [0.25, 0.3) is 5.91 Å². The van der Waals surface area contributed by atoms with Gasteiger partial charge in [-0.3, -0.25) is 14.5 Å². The summed E-state index contributed by atoms with van der Waals surface area (Å²) in [6.45, 7) is 7.55. The molecule has 248 valence electrons. The van der Waals surface area contributed by atoms with E-state index in [1.54, 1.807) is 36.4 Å². The average molecular weight is 693 g/mol. The second-order valence-corrected chi connectivity index (χ2v) is 13.3. The van der Waals surface area contributed by atoms with Crippen LogP contribution in [-0.2, 0) is 33.8 Å². The van der Waals surface area contributed by atoms with Crippen molar-refractivity contribution in [1.82, 2.24) is 20.5 Å². The van der Waals surface area contributed by atoms with Gasteiger partial charge in [0.15, 0.2) is 0 Å². The van der Waals surface area contributed by atoms with E-state index in [1.807, 2.05) is 27.7 Å². The van der Waals surface area contributed by atoms with Crippen LogP contribution in [0.2, 0.25) is 15.1 Å². The summed E-state index contributed by atoms with van der Waals surface area (Å²) in [5, 5.41) is 7.65. The van der Waals surface area contributed by atoms with Gasteiger partial charge in [0, 0.05) is 39.7 Å². The largest absolute Gasteiger partial charge is 0.445 e. The molecule has 0 radical (unpaired) electrons. The summed E-state index contributed by atoms with van der Waals surface area (Å²) in [7, 11) is 0. The molecule has 4 atom stereocenters. The number of carbonyl (C=O) groups is 4. The summed E-state index contributed by atoms with van der Waals surface area (Å²) in [5.74, 6) is -1.58. The molecule has 5 amide bonds. The first-order valence-corrected chi connectivity index (χ1v) is 16.5. The lowest BCUT2D eigenvalue weighted by molar-refractivity contribution is -0.141. The predicted molar refractivity (Wildman–Crippen MR) is 180 cm³/mol. The first-order valence-electron chi connectivity index (χ1n) is 15.4. The molecular weight excluding hydrogens is 653 g/mol. The van der Waals surface area contributed by atoms with Crippen LogP contribution in [0.15, 0.2) is 36.4 Å². The molecule has 46 heavy (non-hydrogen) atoms. The van der Waals surface area contributed by atoms with Crippen LogP contribution >= 0.6 is 34.8 Å². The number of alkyl carbamates (subject to hydrolysis) is 1. The quantitative estimate of drug-likeness (QED) is 0.175. The van der Waals surface area contributed by atoms with Gasteiger partial charge in [-0.1, -0.05) is 93.5 Å². The fraction of sp³-hybridized carbons (Fsp3) is 0.455. The van der Waals surface area contributed by atoms with Crippen LogP contribution in [0.25, 0.3) is 10.9 Å². The van der Waals surface area contributed by atoms with E-state index in [1.165, 1.54) is 0 Å². The number of hydrogen-bond donors (Lipinski definition) is 4. The van der Waals surface area contributed by atoms with Crippen LogP contribution in [0.3, 0.4) is 0 Å². The summed E-state index contributed by atoms with van der Waals surface area (Å²) >= 11 is 19.1. The minimum atomic E-state index is -1.56. The lowest BCUT2D eigenvalue weighted by Crippen LogP contribution is -2.66. The Labute approximate surface area is 283 Å². The summed E-state index contributed by atoms with van der Waals surface area (Å²) in [4.78, 5) is 58.6. The maximum atomic E-state index is 14.4. The highest BCUT2D eigenvalue weighted by atomic mass is 35.5. The second-order valence-electron chi connectivity index (χ2n) is 12.1. The number of ether oxygens (including phenoxy) is 1. The van der Waals surface area contributed by atoms with E-state index in [0.717, 1.165) is 16.2 Å². The zero-order chi connectivity index (χ0) is 33.8. The molecule has 0 saturated heterocycles. The van der Waals surface area contributed by atoms with Gasteiger partial charge < -0.3 is 26.1 Å². The van der Waals surface area contributed by atoms with Crippen LogP contribution < -0.4 is 16.4 Å². The number of nitrogens with zero attached hydrogens (tertiary/aromatic N) is 1. The van der Waals surface area contributed by atoms with Gasteiger partial charge in [-0.2, -0.15) is 0 Å². The lowest BCUT2D eigenvalue weighted by Gasteiger charge is -2.41. The van der Waals surface area contributed by atoms with Crippen molar-refractivity contribution in [3.63, 3.8) is 0 Å². The van der Waals surface area contributed by atoms with Gasteiger partial charge in [0.05, 0.1) is 10.5 Å². The number of aromatic amines is 1. The van der Waals surface area contributed by atoms with Crippen molar-refractivity contribution in [3.05, 3.63) is 68.3 Å². The molecular formula is C33H40Cl3N5O5. The third kappa shape index (κ3) is 7.73. The molecule has 4 rings (SSSR count). The normalized spacial score (nSPS) is 17.8. The van der Waals surface area contributed by atoms with E-state index in [0.29, 0.717) is 50.8 Å². The molecule has 2 aromatic carbocycles. The van der Waals surface area contributed by atoms with Gasteiger partial charge in [-0.05, 0) is 48.4 Å². The molecule has 5 N–H and O–H groups in total. The number of primary amides is 1. The Kier molecular flexibility index (Phi) is 11.5. The first kappa shape index (κ1) is 35.4. The number of benzene rings is 2. The van der Waals surface area contributed by atoms with Crippen molar-refractivity contribution in [2.75, 3.05) is 6.54 Å². The average Bonchev–Trinajstić information content (AvgIpc) is 3.38. The molecule has 0 bridgehead atoms. The van der Waals surface area contributed by atoms with Crippen LogP contribution in [0.1, 0.15) is 63.8 Å². The molecule has 0 spiro atoms. The number of aryl methyl sites for hydroxylation is 1. The van der Waals surface area contributed by atoms with E-state index < -0.39 is 35.5 Å². The Hall–Kier alpha value is -3.47. The van der Waals surface area contributed by atoms with E-state index >= 15 is 0 Å². The Balaban J connectivity index is 1.69. The number of hydrogen-bond acceptors (Lipinski definition) is 5. The number of aromatic nitrogens is 1. The number of carbonyl (C=O) groups excluding carboxylic acids is 4. The van der Waals surface area contributed by atoms with Crippen LogP contribution in [0.4, 0.5) is 9.59 Å². The topological polar surface area (TPSA) is 147 Å². The molecule has 0 aliphatic heterocycles. The summed E-state index contributed by atoms with van der Waals surface area (Å²) in [6, 6.07) is 8.37. The minimum Gasteiger partial charge on any atom is -0.445 e. The highest BCUT2D eigenvalue weighted by Gasteiger charge is 2.48. The molecule has 1 aliphatic carbocycles. The number of H-pyrrole nitrogens is 1. The third-order valence-corrected chi connectivity index (χ3v) is 9.75. The molecule has 1 heterocycles. The molecule has 10 nitrogen and oxygen atoms in total. The number of rotatable bonds is 11. The smallest absolute Gasteiger partial charge is 0.408 e. The molecule has 13 heteroatoms. The van der Waals surface area contributed by atoms with E-state index in [4.69, 9.17) is 45.3 Å².